The molecule has 1 saturated heterocycles. The average Bonchev–Trinajstić information content (AvgIpc) is 2.70. The lowest BCUT2D eigenvalue weighted by Gasteiger charge is -2.24. The van der Waals surface area contributed by atoms with Gasteiger partial charge in [0, 0.05) is 19.6 Å². The largest absolute Gasteiger partial charge is 0.481 e. The SMILES string of the molecule is CC1(CNC(=O)C(N)CCC(=O)O)CCCO1. The van der Waals surface area contributed by atoms with Crippen LogP contribution in [0.5, 0.6) is 0 Å². The number of carboxylic acids is 1. The molecule has 98 valence electrons. The molecule has 0 radical (unpaired) electrons. The third-order valence-corrected chi connectivity index (χ3v) is 2.94. The van der Waals surface area contributed by atoms with Crippen LogP contribution in [0, 0.1) is 0 Å². The van der Waals surface area contributed by atoms with Crippen molar-refractivity contribution in [2.45, 2.75) is 44.2 Å². The lowest BCUT2D eigenvalue weighted by atomic mass is 10.0. The van der Waals surface area contributed by atoms with E-state index >= 15 is 0 Å². The van der Waals surface area contributed by atoms with Crippen LogP contribution in [0.1, 0.15) is 32.6 Å². The first kappa shape index (κ1) is 13.9. The van der Waals surface area contributed by atoms with Crippen LogP contribution in [-0.2, 0) is 14.3 Å². The fourth-order valence-corrected chi connectivity index (χ4v) is 1.79. The molecule has 6 heteroatoms. The predicted octanol–water partition coefficient (Wildman–Crippen LogP) is -0.136. The van der Waals surface area contributed by atoms with Gasteiger partial charge in [-0.05, 0) is 26.2 Å². The van der Waals surface area contributed by atoms with Crippen molar-refractivity contribution in [3.63, 3.8) is 0 Å². The van der Waals surface area contributed by atoms with Gasteiger partial charge in [-0.2, -0.15) is 0 Å². The van der Waals surface area contributed by atoms with Gasteiger partial charge in [-0.25, -0.2) is 0 Å². The normalized spacial score (nSPS) is 25.5. The minimum absolute atomic E-state index is 0.0949. The first-order valence-electron chi connectivity index (χ1n) is 5.82. The van der Waals surface area contributed by atoms with E-state index in [0.29, 0.717) is 6.54 Å². The van der Waals surface area contributed by atoms with Crippen molar-refractivity contribution in [3.05, 3.63) is 0 Å². The van der Waals surface area contributed by atoms with Gasteiger partial charge >= 0.3 is 5.97 Å². The van der Waals surface area contributed by atoms with Gasteiger partial charge in [0.1, 0.15) is 0 Å². The fourth-order valence-electron chi connectivity index (χ4n) is 1.79. The molecule has 0 aliphatic carbocycles. The quantitative estimate of drug-likeness (QED) is 0.604. The summed E-state index contributed by atoms with van der Waals surface area (Å²) >= 11 is 0. The van der Waals surface area contributed by atoms with Crippen LogP contribution in [-0.4, -0.2) is 41.8 Å². The number of carbonyl (C=O) groups excluding carboxylic acids is 1. The molecule has 0 aromatic carbocycles. The summed E-state index contributed by atoms with van der Waals surface area (Å²) in [5.74, 6) is -1.26. The molecule has 6 nitrogen and oxygen atoms in total. The van der Waals surface area contributed by atoms with Gasteiger partial charge < -0.3 is 20.9 Å². The predicted molar refractivity (Wildman–Crippen MR) is 61.4 cm³/mol. The summed E-state index contributed by atoms with van der Waals surface area (Å²) in [6, 6.07) is -0.767. The van der Waals surface area contributed by atoms with Crippen molar-refractivity contribution in [2.75, 3.05) is 13.2 Å². The highest BCUT2D eigenvalue weighted by Gasteiger charge is 2.30. The molecule has 1 fully saturated rings. The van der Waals surface area contributed by atoms with E-state index in [1.54, 1.807) is 0 Å². The molecule has 0 spiro atoms. The molecule has 0 saturated carbocycles. The van der Waals surface area contributed by atoms with E-state index in [-0.39, 0.29) is 24.3 Å². The van der Waals surface area contributed by atoms with Gasteiger partial charge in [0.2, 0.25) is 5.91 Å². The fraction of sp³-hybridized carbons (Fsp3) is 0.818. The van der Waals surface area contributed by atoms with Crippen molar-refractivity contribution in [1.29, 1.82) is 0 Å². The second-order valence-electron chi connectivity index (χ2n) is 4.66. The number of nitrogens with two attached hydrogens (primary N) is 1. The number of amides is 1. The molecule has 2 unspecified atom stereocenters. The van der Waals surface area contributed by atoms with E-state index < -0.39 is 12.0 Å². The highest BCUT2D eigenvalue weighted by molar-refractivity contribution is 5.82. The molecule has 1 amide bonds. The minimum Gasteiger partial charge on any atom is -0.481 e. The molecule has 1 rings (SSSR count). The maximum atomic E-state index is 11.6. The van der Waals surface area contributed by atoms with Gasteiger partial charge in [-0.15, -0.1) is 0 Å². The van der Waals surface area contributed by atoms with Crippen LogP contribution in [0.25, 0.3) is 0 Å². The average molecular weight is 244 g/mol. The number of ether oxygens (including phenoxy) is 1. The van der Waals surface area contributed by atoms with Crippen LogP contribution in [0.15, 0.2) is 0 Å². The summed E-state index contributed by atoms with van der Waals surface area (Å²) in [5.41, 5.74) is 5.27. The van der Waals surface area contributed by atoms with E-state index in [4.69, 9.17) is 15.6 Å². The lowest BCUT2D eigenvalue weighted by Crippen LogP contribution is -2.47. The number of hydrogen-bond donors (Lipinski definition) is 3. The number of aliphatic carboxylic acids is 1. The second-order valence-corrected chi connectivity index (χ2v) is 4.66. The molecule has 17 heavy (non-hydrogen) atoms. The first-order valence-corrected chi connectivity index (χ1v) is 5.82. The Morgan fingerprint density at radius 2 is 2.29 bits per heavy atom. The third kappa shape index (κ3) is 4.70. The summed E-state index contributed by atoms with van der Waals surface area (Å²) in [5, 5.41) is 11.2. The smallest absolute Gasteiger partial charge is 0.303 e. The minimum atomic E-state index is -0.945. The Balaban J connectivity index is 2.26. The molecule has 0 bridgehead atoms. The Bertz CT molecular complexity index is 287. The Morgan fingerprint density at radius 1 is 1.59 bits per heavy atom. The molecule has 0 aromatic heterocycles. The van der Waals surface area contributed by atoms with Crippen LogP contribution in [0.3, 0.4) is 0 Å². The van der Waals surface area contributed by atoms with Crippen molar-refractivity contribution in [3.8, 4) is 0 Å². The summed E-state index contributed by atoms with van der Waals surface area (Å²) in [6.45, 7) is 3.09. The van der Waals surface area contributed by atoms with E-state index in [2.05, 4.69) is 5.32 Å². The molecule has 1 aliphatic heterocycles. The first-order chi connectivity index (χ1) is 7.93. The number of carbonyl (C=O) groups is 2. The molecule has 1 aliphatic rings. The summed E-state index contributed by atoms with van der Waals surface area (Å²) in [7, 11) is 0. The number of carboxylic acid groups (broad SMARTS) is 1. The lowest BCUT2D eigenvalue weighted by molar-refractivity contribution is -0.137. The third-order valence-electron chi connectivity index (χ3n) is 2.94. The van der Waals surface area contributed by atoms with Crippen LogP contribution in [0.4, 0.5) is 0 Å². The molecule has 2 atom stereocenters. The van der Waals surface area contributed by atoms with Crippen molar-refractivity contribution in [2.24, 2.45) is 5.73 Å². The second kappa shape index (κ2) is 5.97. The van der Waals surface area contributed by atoms with Crippen molar-refractivity contribution in [1.82, 2.24) is 5.32 Å². The van der Waals surface area contributed by atoms with Gasteiger partial charge in [0.25, 0.3) is 0 Å². The Labute approximate surface area is 101 Å². The van der Waals surface area contributed by atoms with E-state index in [0.717, 1.165) is 19.4 Å². The highest BCUT2D eigenvalue weighted by atomic mass is 16.5. The standard InChI is InChI=1S/C11H20N2O4/c1-11(5-2-6-17-11)7-13-10(16)8(12)3-4-9(14)15/h8H,2-7,12H2,1H3,(H,13,16)(H,14,15). The van der Waals surface area contributed by atoms with Crippen molar-refractivity contribution < 1.29 is 19.4 Å². The number of hydrogen-bond acceptors (Lipinski definition) is 4. The van der Waals surface area contributed by atoms with E-state index in [1.165, 1.54) is 0 Å². The molecular formula is C11H20N2O4. The van der Waals surface area contributed by atoms with Crippen LogP contribution < -0.4 is 11.1 Å². The summed E-state index contributed by atoms with van der Waals surface area (Å²) in [4.78, 5) is 21.9. The zero-order valence-electron chi connectivity index (χ0n) is 10.1. The Morgan fingerprint density at radius 3 is 2.82 bits per heavy atom. The van der Waals surface area contributed by atoms with Crippen LogP contribution in [0.2, 0.25) is 0 Å². The van der Waals surface area contributed by atoms with E-state index in [1.807, 2.05) is 6.92 Å². The maximum absolute atomic E-state index is 11.6. The monoisotopic (exact) mass is 244 g/mol. The zero-order valence-corrected chi connectivity index (χ0v) is 10.1. The zero-order chi connectivity index (χ0) is 12.9. The molecular weight excluding hydrogens is 224 g/mol. The summed E-state index contributed by atoms with van der Waals surface area (Å²) < 4.78 is 5.52. The van der Waals surface area contributed by atoms with E-state index in [9.17, 15) is 9.59 Å². The maximum Gasteiger partial charge on any atom is 0.303 e. The van der Waals surface area contributed by atoms with Gasteiger partial charge in [0.05, 0.1) is 11.6 Å². The summed E-state index contributed by atoms with van der Waals surface area (Å²) in [6.07, 6.45) is 1.97. The Hall–Kier alpha value is -1.14. The van der Waals surface area contributed by atoms with Crippen molar-refractivity contribution >= 4 is 11.9 Å². The van der Waals surface area contributed by atoms with Gasteiger partial charge in [0.15, 0.2) is 0 Å². The van der Waals surface area contributed by atoms with Gasteiger partial charge in [-0.1, -0.05) is 0 Å². The number of nitrogens with one attached hydrogen (secondary N) is 1. The molecule has 1 heterocycles. The van der Waals surface area contributed by atoms with Gasteiger partial charge in [-0.3, -0.25) is 9.59 Å². The topological polar surface area (TPSA) is 102 Å². The molecule has 0 aromatic rings. The Kier molecular flexibility index (Phi) is 4.89. The number of rotatable bonds is 6. The molecule has 4 N–H and O–H groups in total. The van der Waals surface area contributed by atoms with Crippen LogP contribution >= 0.6 is 0 Å². The highest BCUT2D eigenvalue weighted by Crippen LogP contribution is 2.23.